The van der Waals surface area contributed by atoms with Gasteiger partial charge in [-0.1, -0.05) is 31.0 Å². The molecule has 2 nitrogen and oxygen atoms in total. The van der Waals surface area contributed by atoms with Crippen LogP contribution < -0.4 is 0 Å². The first-order valence-corrected chi connectivity index (χ1v) is 7.53. The van der Waals surface area contributed by atoms with E-state index < -0.39 is 5.54 Å². The van der Waals surface area contributed by atoms with E-state index in [0.29, 0.717) is 5.56 Å². The monoisotopic (exact) mass is 277 g/mol. The molecule has 1 aliphatic rings. The van der Waals surface area contributed by atoms with Crippen LogP contribution in [0.4, 0.5) is 4.39 Å². The van der Waals surface area contributed by atoms with Crippen LogP contribution in [0.1, 0.15) is 45.1 Å². The lowest BCUT2D eigenvalue weighted by molar-refractivity contribution is -0.128. The molecule has 0 aromatic heterocycles. The number of rotatable bonds is 4. The summed E-state index contributed by atoms with van der Waals surface area (Å²) in [6.07, 6.45) is 4.96. The van der Waals surface area contributed by atoms with E-state index in [9.17, 15) is 9.18 Å². The van der Waals surface area contributed by atoms with Crippen molar-refractivity contribution in [1.82, 2.24) is 4.90 Å². The van der Waals surface area contributed by atoms with Gasteiger partial charge in [0, 0.05) is 6.42 Å². The van der Waals surface area contributed by atoms with Crippen molar-refractivity contribution in [3.05, 3.63) is 35.6 Å². The molecule has 0 aliphatic carbocycles. The SMILES string of the molecule is CC(C)(C(=O)Cc1ccccc1F)N1CCCCCC1. The second-order valence-corrected chi connectivity index (χ2v) is 6.15. The Bertz CT molecular complexity index is 462. The van der Waals surface area contributed by atoms with Crippen LogP contribution in [0.5, 0.6) is 0 Å². The number of carbonyl (C=O) groups excluding carboxylic acids is 1. The minimum absolute atomic E-state index is 0.101. The number of benzene rings is 1. The predicted molar refractivity (Wildman–Crippen MR) is 79.2 cm³/mol. The van der Waals surface area contributed by atoms with Crippen LogP contribution in [0.15, 0.2) is 24.3 Å². The van der Waals surface area contributed by atoms with Crippen molar-refractivity contribution < 1.29 is 9.18 Å². The number of carbonyl (C=O) groups is 1. The Morgan fingerprint density at radius 1 is 1.15 bits per heavy atom. The molecule has 0 radical (unpaired) electrons. The molecular weight excluding hydrogens is 253 g/mol. The van der Waals surface area contributed by atoms with Crippen molar-refractivity contribution in [2.75, 3.05) is 13.1 Å². The zero-order valence-corrected chi connectivity index (χ0v) is 12.5. The lowest BCUT2D eigenvalue weighted by Gasteiger charge is -2.36. The minimum atomic E-state index is -0.507. The first-order valence-electron chi connectivity index (χ1n) is 7.53. The first kappa shape index (κ1) is 15.2. The zero-order valence-electron chi connectivity index (χ0n) is 12.5. The number of likely N-dealkylation sites (tertiary alicyclic amines) is 1. The summed E-state index contributed by atoms with van der Waals surface area (Å²) < 4.78 is 13.7. The van der Waals surface area contributed by atoms with Crippen LogP contribution in [0.3, 0.4) is 0 Å². The molecule has 0 atom stereocenters. The van der Waals surface area contributed by atoms with Crippen LogP contribution in [-0.2, 0) is 11.2 Å². The van der Waals surface area contributed by atoms with Gasteiger partial charge in [0.25, 0.3) is 0 Å². The number of hydrogen-bond donors (Lipinski definition) is 0. The summed E-state index contributed by atoms with van der Waals surface area (Å²) in [7, 11) is 0. The molecule has 0 N–H and O–H groups in total. The summed E-state index contributed by atoms with van der Waals surface area (Å²) >= 11 is 0. The third kappa shape index (κ3) is 3.45. The highest BCUT2D eigenvalue weighted by Gasteiger charge is 2.34. The van der Waals surface area contributed by atoms with Gasteiger partial charge in [-0.05, 0) is 51.4 Å². The molecule has 3 heteroatoms. The van der Waals surface area contributed by atoms with Gasteiger partial charge in [-0.15, -0.1) is 0 Å². The van der Waals surface area contributed by atoms with E-state index in [1.807, 2.05) is 13.8 Å². The summed E-state index contributed by atoms with van der Waals surface area (Å²) in [5.41, 5.74) is -0.00695. The standard InChI is InChI=1S/C17H24FNO/c1-17(2,19-11-7-3-4-8-12-19)16(20)13-14-9-5-6-10-15(14)18/h5-6,9-10H,3-4,7-8,11-13H2,1-2H3. The molecule has 0 saturated carbocycles. The fourth-order valence-electron chi connectivity index (χ4n) is 2.84. The number of ketones is 1. The van der Waals surface area contributed by atoms with Crippen LogP contribution in [-0.4, -0.2) is 29.3 Å². The molecule has 0 spiro atoms. The van der Waals surface area contributed by atoms with Crippen LogP contribution in [0.25, 0.3) is 0 Å². The van der Waals surface area contributed by atoms with Gasteiger partial charge in [0.15, 0.2) is 5.78 Å². The van der Waals surface area contributed by atoms with Crippen molar-refractivity contribution in [1.29, 1.82) is 0 Å². The second-order valence-electron chi connectivity index (χ2n) is 6.15. The number of halogens is 1. The molecular formula is C17H24FNO. The van der Waals surface area contributed by atoms with E-state index in [2.05, 4.69) is 4.90 Å². The normalized spacial score (nSPS) is 17.8. The molecule has 0 amide bonds. The topological polar surface area (TPSA) is 20.3 Å². The average Bonchev–Trinajstić information content (AvgIpc) is 2.70. The first-order chi connectivity index (χ1) is 9.51. The third-order valence-electron chi connectivity index (χ3n) is 4.39. The van der Waals surface area contributed by atoms with Crippen LogP contribution in [0.2, 0.25) is 0 Å². The molecule has 20 heavy (non-hydrogen) atoms. The summed E-state index contributed by atoms with van der Waals surface area (Å²) in [5, 5.41) is 0. The maximum Gasteiger partial charge on any atom is 0.156 e. The van der Waals surface area contributed by atoms with Gasteiger partial charge in [0.2, 0.25) is 0 Å². The maximum absolute atomic E-state index is 13.7. The Morgan fingerprint density at radius 3 is 2.35 bits per heavy atom. The van der Waals surface area contributed by atoms with E-state index in [0.717, 1.165) is 25.9 Å². The van der Waals surface area contributed by atoms with Gasteiger partial charge in [0.1, 0.15) is 5.82 Å². The lowest BCUT2D eigenvalue weighted by Crippen LogP contribution is -2.51. The molecule has 1 heterocycles. The van der Waals surface area contributed by atoms with Crippen molar-refractivity contribution in [2.45, 2.75) is 51.5 Å². The Kier molecular flexibility index (Phi) is 4.92. The van der Waals surface area contributed by atoms with Gasteiger partial charge in [-0.3, -0.25) is 9.69 Å². The van der Waals surface area contributed by atoms with Gasteiger partial charge >= 0.3 is 0 Å². The van der Waals surface area contributed by atoms with Gasteiger partial charge in [0.05, 0.1) is 5.54 Å². The highest BCUT2D eigenvalue weighted by molar-refractivity contribution is 5.89. The van der Waals surface area contributed by atoms with E-state index in [1.165, 1.54) is 18.9 Å². The van der Waals surface area contributed by atoms with Gasteiger partial charge in [-0.2, -0.15) is 0 Å². The molecule has 1 aromatic rings. The maximum atomic E-state index is 13.7. The average molecular weight is 277 g/mol. The number of hydrogen-bond acceptors (Lipinski definition) is 2. The molecule has 110 valence electrons. The van der Waals surface area contributed by atoms with E-state index in [4.69, 9.17) is 0 Å². The van der Waals surface area contributed by atoms with Crippen molar-refractivity contribution in [2.24, 2.45) is 0 Å². The Hall–Kier alpha value is -1.22. The Balaban J connectivity index is 2.08. The number of Topliss-reactive ketones (excluding diaryl/α,β-unsaturated/α-hetero) is 1. The highest BCUT2D eigenvalue weighted by Crippen LogP contribution is 2.23. The van der Waals surface area contributed by atoms with Crippen molar-refractivity contribution in [3.8, 4) is 0 Å². The molecule has 2 rings (SSSR count). The molecule has 0 unspecified atom stereocenters. The van der Waals surface area contributed by atoms with Gasteiger partial charge < -0.3 is 0 Å². The Labute approximate surface area is 121 Å². The fourth-order valence-corrected chi connectivity index (χ4v) is 2.84. The van der Waals surface area contributed by atoms with Crippen molar-refractivity contribution in [3.63, 3.8) is 0 Å². The quantitative estimate of drug-likeness (QED) is 0.838. The lowest BCUT2D eigenvalue weighted by atomic mass is 9.91. The molecule has 1 aromatic carbocycles. The summed E-state index contributed by atoms with van der Waals surface area (Å²) in [6.45, 7) is 5.88. The van der Waals surface area contributed by atoms with Crippen LogP contribution >= 0.6 is 0 Å². The molecule has 0 bridgehead atoms. The zero-order chi connectivity index (χ0) is 14.6. The highest BCUT2D eigenvalue weighted by atomic mass is 19.1. The van der Waals surface area contributed by atoms with Crippen LogP contribution in [0, 0.1) is 5.82 Å². The van der Waals surface area contributed by atoms with Crippen molar-refractivity contribution >= 4 is 5.78 Å². The predicted octanol–water partition coefficient (Wildman–Crippen LogP) is 3.59. The fraction of sp³-hybridized carbons (Fsp3) is 0.588. The molecule has 1 aliphatic heterocycles. The summed E-state index contributed by atoms with van der Waals surface area (Å²) in [4.78, 5) is 14.9. The second kappa shape index (κ2) is 6.49. The smallest absolute Gasteiger partial charge is 0.156 e. The van der Waals surface area contributed by atoms with Gasteiger partial charge in [-0.25, -0.2) is 4.39 Å². The minimum Gasteiger partial charge on any atom is -0.297 e. The Morgan fingerprint density at radius 2 is 1.75 bits per heavy atom. The largest absolute Gasteiger partial charge is 0.297 e. The number of nitrogens with zero attached hydrogens (tertiary/aromatic N) is 1. The van der Waals surface area contributed by atoms with E-state index >= 15 is 0 Å². The summed E-state index contributed by atoms with van der Waals surface area (Å²) in [6, 6.07) is 6.56. The summed E-state index contributed by atoms with van der Waals surface area (Å²) in [5.74, 6) is -0.183. The molecule has 1 fully saturated rings. The van der Waals surface area contributed by atoms with E-state index in [-0.39, 0.29) is 18.0 Å². The van der Waals surface area contributed by atoms with E-state index in [1.54, 1.807) is 18.2 Å². The third-order valence-corrected chi connectivity index (χ3v) is 4.39. The molecule has 1 saturated heterocycles.